The van der Waals surface area contributed by atoms with Gasteiger partial charge in [-0.05, 0) is 42.9 Å². The first-order valence-electron chi connectivity index (χ1n) is 10.1. The standard InChI is InChI=1S/C21H23FN6O3/c1-13-8-15(2-3-16(13)22)11-23-19(29)17-9-18(28-21(27-17)25-12-26-28)20(30)24-10-14-4-6-31-7-5-14/h2-3,8-9,12,14H,4-7,10-11H2,1H3,(H,23,29)(H,24,30). The maximum atomic E-state index is 13.4. The van der Waals surface area contributed by atoms with Gasteiger partial charge in [0.05, 0.1) is 0 Å². The number of aryl methyl sites for hydroxylation is 1. The number of halogens is 1. The molecular weight excluding hydrogens is 403 g/mol. The van der Waals surface area contributed by atoms with Crippen LogP contribution in [0.2, 0.25) is 0 Å². The van der Waals surface area contributed by atoms with E-state index in [9.17, 15) is 14.0 Å². The highest BCUT2D eigenvalue weighted by Gasteiger charge is 2.20. The summed E-state index contributed by atoms with van der Waals surface area (Å²) in [7, 11) is 0. The number of ether oxygens (including phenoxy) is 1. The Labute approximate surface area is 178 Å². The molecule has 0 aliphatic carbocycles. The smallest absolute Gasteiger partial charge is 0.270 e. The highest BCUT2D eigenvalue weighted by atomic mass is 19.1. The van der Waals surface area contributed by atoms with Crippen LogP contribution in [0, 0.1) is 18.7 Å². The largest absolute Gasteiger partial charge is 0.381 e. The van der Waals surface area contributed by atoms with E-state index in [1.165, 1.54) is 23.0 Å². The summed E-state index contributed by atoms with van der Waals surface area (Å²) in [4.78, 5) is 33.7. The zero-order chi connectivity index (χ0) is 21.8. The Morgan fingerprint density at radius 3 is 2.77 bits per heavy atom. The molecule has 162 valence electrons. The van der Waals surface area contributed by atoms with Gasteiger partial charge in [-0.25, -0.2) is 9.37 Å². The van der Waals surface area contributed by atoms with Gasteiger partial charge in [0, 0.05) is 32.4 Å². The van der Waals surface area contributed by atoms with Gasteiger partial charge in [-0.1, -0.05) is 12.1 Å². The van der Waals surface area contributed by atoms with Crippen molar-refractivity contribution < 1.29 is 18.7 Å². The number of nitrogens with zero attached hydrogens (tertiary/aromatic N) is 4. The van der Waals surface area contributed by atoms with E-state index in [1.807, 2.05) is 0 Å². The molecule has 0 atom stereocenters. The number of fused-ring (bicyclic) bond motifs is 1. The highest BCUT2D eigenvalue weighted by Crippen LogP contribution is 2.14. The molecule has 1 aliphatic rings. The van der Waals surface area contributed by atoms with Crippen molar-refractivity contribution in [1.82, 2.24) is 30.2 Å². The molecule has 1 aromatic carbocycles. The number of hydrogen-bond acceptors (Lipinski definition) is 6. The fraction of sp³-hybridized carbons (Fsp3) is 0.381. The first-order valence-corrected chi connectivity index (χ1v) is 10.1. The molecular formula is C21H23FN6O3. The van der Waals surface area contributed by atoms with E-state index in [0.29, 0.717) is 31.2 Å². The summed E-state index contributed by atoms with van der Waals surface area (Å²) in [5.74, 6) is -0.613. The molecule has 2 amide bonds. The summed E-state index contributed by atoms with van der Waals surface area (Å²) >= 11 is 0. The van der Waals surface area contributed by atoms with Crippen molar-refractivity contribution in [3.63, 3.8) is 0 Å². The fourth-order valence-corrected chi connectivity index (χ4v) is 3.46. The topological polar surface area (TPSA) is 111 Å². The van der Waals surface area contributed by atoms with Crippen molar-refractivity contribution in [2.45, 2.75) is 26.3 Å². The first kappa shape index (κ1) is 20.9. The van der Waals surface area contributed by atoms with Crippen molar-refractivity contribution in [3.05, 3.63) is 58.9 Å². The molecule has 0 radical (unpaired) electrons. The van der Waals surface area contributed by atoms with E-state index in [0.717, 1.165) is 18.4 Å². The predicted molar refractivity (Wildman–Crippen MR) is 109 cm³/mol. The molecule has 9 nitrogen and oxygen atoms in total. The van der Waals surface area contributed by atoms with Crippen molar-refractivity contribution >= 4 is 17.6 Å². The van der Waals surface area contributed by atoms with Crippen LogP contribution in [0.15, 0.2) is 30.6 Å². The van der Waals surface area contributed by atoms with Crippen molar-refractivity contribution in [2.75, 3.05) is 19.8 Å². The number of amides is 2. The lowest BCUT2D eigenvalue weighted by Gasteiger charge is -2.22. The second kappa shape index (κ2) is 9.17. The van der Waals surface area contributed by atoms with Gasteiger partial charge in [0.1, 0.15) is 23.5 Å². The van der Waals surface area contributed by atoms with Gasteiger partial charge in [0.2, 0.25) is 0 Å². The van der Waals surface area contributed by atoms with Crippen LogP contribution in [0.25, 0.3) is 5.78 Å². The van der Waals surface area contributed by atoms with E-state index in [1.54, 1.807) is 19.1 Å². The molecule has 1 saturated heterocycles. The van der Waals surface area contributed by atoms with E-state index in [4.69, 9.17) is 4.74 Å². The minimum atomic E-state index is -0.467. The number of carbonyl (C=O) groups is 2. The monoisotopic (exact) mass is 426 g/mol. The maximum absolute atomic E-state index is 13.4. The van der Waals surface area contributed by atoms with Crippen LogP contribution in [-0.2, 0) is 11.3 Å². The van der Waals surface area contributed by atoms with E-state index < -0.39 is 5.91 Å². The third kappa shape index (κ3) is 4.85. The number of hydrogen-bond donors (Lipinski definition) is 2. The van der Waals surface area contributed by atoms with Crippen LogP contribution in [0.4, 0.5) is 4.39 Å². The number of aromatic nitrogens is 4. The third-order valence-electron chi connectivity index (χ3n) is 5.28. The number of nitrogens with one attached hydrogen (secondary N) is 2. The van der Waals surface area contributed by atoms with Gasteiger partial charge in [0.25, 0.3) is 17.6 Å². The minimum absolute atomic E-state index is 0.0514. The number of rotatable bonds is 6. The average Bonchev–Trinajstić information content (AvgIpc) is 3.27. The van der Waals surface area contributed by atoms with E-state index in [-0.39, 0.29) is 35.4 Å². The Balaban J connectivity index is 1.48. The Kier molecular flexibility index (Phi) is 6.17. The zero-order valence-corrected chi connectivity index (χ0v) is 17.1. The molecule has 0 saturated carbocycles. The minimum Gasteiger partial charge on any atom is -0.381 e. The molecule has 2 N–H and O–H groups in total. The van der Waals surface area contributed by atoms with Crippen molar-refractivity contribution in [1.29, 1.82) is 0 Å². The predicted octanol–water partition coefficient (Wildman–Crippen LogP) is 1.66. The van der Waals surface area contributed by atoms with Gasteiger partial charge >= 0.3 is 0 Å². The normalized spacial score (nSPS) is 14.5. The van der Waals surface area contributed by atoms with Crippen LogP contribution in [-0.4, -0.2) is 51.2 Å². The molecule has 3 heterocycles. The van der Waals surface area contributed by atoms with Crippen molar-refractivity contribution in [2.24, 2.45) is 5.92 Å². The highest BCUT2D eigenvalue weighted by molar-refractivity contribution is 5.98. The molecule has 0 bridgehead atoms. The molecule has 1 aliphatic heterocycles. The number of benzene rings is 1. The van der Waals surface area contributed by atoms with Crippen LogP contribution in [0.1, 0.15) is 44.9 Å². The Morgan fingerprint density at radius 2 is 2.00 bits per heavy atom. The van der Waals surface area contributed by atoms with E-state index >= 15 is 0 Å². The fourth-order valence-electron chi connectivity index (χ4n) is 3.46. The maximum Gasteiger partial charge on any atom is 0.270 e. The summed E-state index contributed by atoms with van der Waals surface area (Å²) in [6, 6.07) is 6.03. The molecule has 3 aromatic rings. The average molecular weight is 426 g/mol. The molecule has 1 fully saturated rings. The summed E-state index contributed by atoms with van der Waals surface area (Å²) in [5.41, 5.74) is 1.48. The lowest BCUT2D eigenvalue weighted by molar-refractivity contribution is 0.0641. The Morgan fingerprint density at radius 1 is 1.19 bits per heavy atom. The SMILES string of the molecule is Cc1cc(CNC(=O)c2cc(C(=O)NCC3CCOCC3)n3ncnc3n2)ccc1F. The molecule has 4 rings (SSSR count). The number of carbonyl (C=O) groups excluding carboxylic acids is 2. The summed E-state index contributed by atoms with van der Waals surface area (Å²) in [5, 5.41) is 9.69. The van der Waals surface area contributed by atoms with Crippen LogP contribution >= 0.6 is 0 Å². The molecule has 2 aromatic heterocycles. The molecule has 0 spiro atoms. The van der Waals surface area contributed by atoms with E-state index in [2.05, 4.69) is 25.7 Å². The quantitative estimate of drug-likeness (QED) is 0.620. The van der Waals surface area contributed by atoms with Crippen LogP contribution < -0.4 is 10.6 Å². The van der Waals surface area contributed by atoms with Gasteiger partial charge in [-0.15, -0.1) is 0 Å². The van der Waals surface area contributed by atoms with Gasteiger partial charge in [0.15, 0.2) is 0 Å². The second-order valence-electron chi connectivity index (χ2n) is 7.53. The second-order valence-corrected chi connectivity index (χ2v) is 7.53. The van der Waals surface area contributed by atoms with Gasteiger partial charge in [-0.2, -0.15) is 14.6 Å². The first-order chi connectivity index (χ1) is 15.0. The van der Waals surface area contributed by atoms with Gasteiger partial charge in [-0.3, -0.25) is 9.59 Å². The summed E-state index contributed by atoms with van der Waals surface area (Å²) < 4.78 is 20.1. The zero-order valence-electron chi connectivity index (χ0n) is 17.1. The van der Waals surface area contributed by atoms with Crippen molar-refractivity contribution in [3.8, 4) is 0 Å². The molecule has 31 heavy (non-hydrogen) atoms. The lowest BCUT2D eigenvalue weighted by Crippen LogP contribution is -2.34. The third-order valence-corrected chi connectivity index (χ3v) is 5.28. The molecule has 10 heteroatoms. The Bertz CT molecular complexity index is 1110. The molecule has 0 unspecified atom stereocenters. The van der Waals surface area contributed by atoms with Gasteiger partial charge < -0.3 is 15.4 Å². The van der Waals surface area contributed by atoms with Crippen LogP contribution in [0.3, 0.4) is 0 Å². The lowest BCUT2D eigenvalue weighted by atomic mass is 10.0. The summed E-state index contributed by atoms with van der Waals surface area (Å²) in [6.45, 7) is 3.77. The van der Waals surface area contributed by atoms with Crippen LogP contribution in [0.5, 0.6) is 0 Å². The Hall–Kier alpha value is -3.40. The summed E-state index contributed by atoms with van der Waals surface area (Å²) in [6.07, 6.45) is 3.07.